The van der Waals surface area contributed by atoms with Crippen LogP contribution in [0.1, 0.15) is 32.6 Å². The summed E-state index contributed by atoms with van der Waals surface area (Å²) in [5.74, 6) is 0.314. The molecule has 196 valence electrons. The standard InChI is InChI=1S/C29H28ClFN4O3/c1-32-29-33-8-10-35(29)16-20-12-22(23-11-19(17-36)3-5-25(23)30)21-7-9-34(28(37)24(21)13-20)15-18-4-6-26(31)27(14-18)38-2/h3-6,8,10-14,36H,7,9,15-17H2,1-2H3,(H,32,33). The molecule has 0 saturated carbocycles. The van der Waals surface area contributed by atoms with Crippen LogP contribution in [0.3, 0.4) is 0 Å². The van der Waals surface area contributed by atoms with Crippen LogP contribution >= 0.6 is 11.6 Å². The molecule has 1 aliphatic rings. The fourth-order valence-corrected chi connectivity index (χ4v) is 5.17. The summed E-state index contributed by atoms with van der Waals surface area (Å²) in [5, 5.41) is 13.4. The van der Waals surface area contributed by atoms with Crippen molar-refractivity contribution in [3.8, 4) is 16.9 Å². The number of aliphatic hydroxyl groups is 1. The van der Waals surface area contributed by atoms with Crippen LogP contribution in [-0.2, 0) is 26.1 Å². The fraction of sp³-hybridized carbons (Fsp3) is 0.241. The maximum Gasteiger partial charge on any atom is 0.254 e. The van der Waals surface area contributed by atoms with E-state index in [1.54, 1.807) is 35.4 Å². The van der Waals surface area contributed by atoms with Crippen LogP contribution in [0.4, 0.5) is 10.3 Å². The summed E-state index contributed by atoms with van der Waals surface area (Å²) in [6.45, 7) is 1.22. The number of halogens is 2. The van der Waals surface area contributed by atoms with Crippen molar-refractivity contribution in [2.24, 2.45) is 0 Å². The van der Waals surface area contributed by atoms with Gasteiger partial charge in [-0.2, -0.15) is 0 Å². The molecular formula is C29H28ClFN4O3. The first-order valence-electron chi connectivity index (χ1n) is 12.3. The lowest BCUT2D eigenvalue weighted by Gasteiger charge is -2.31. The Morgan fingerprint density at radius 2 is 1.82 bits per heavy atom. The summed E-state index contributed by atoms with van der Waals surface area (Å²) in [6.07, 6.45) is 4.22. The molecular weight excluding hydrogens is 507 g/mol. The highest BCUT2D eigenvalue weighted by atomic mass is 35.5. The predicted molar refractivity (Wildman–Crippen MR) is 145 cm³/mol. The first kappa shape index (κ1) is 25.8. The molecule has 0 spiro atoms. The van der Waals surface area contributed by atoms with Crippen LogP contribution in [0.5, 0.6) is 5.75 Å². The van der Waals surface area contributed by atoms with Crippen LogP contribution < -0.4 is 10.1 Å². The molecule has 0 radical (unpaired) electrons. The van der Waals surface area contributed by atoms with Gasteiger partial charge < -0.3 is 24.6 Å². The third-order valence-electron chi connectivity index (χ3n) is 6.84. The zero-order valence-electron chi connectivity index (χ0n) is 21.2. The number of nitrogens with zero attached hydrogens (tertiary/aromatic N) is 3. The van der Waals surface area contributed by atoms with Crippen LogP contribution in [-0.4, -0.2) is 46.2 Å². The SMILES string of the molecule is CNc1nccn1Cc1cc2c(c(-c3cc(CO)ccc3Cl)c1)CCN(Cc1ccc(F)c(OC)c1)C2=O. The molecule has 0 fully saturated rings. The van der Waals surface area contributed by atoms with E-state index in [0.29, 0.717) is 42.6 Å². The first-order chi connectivity index (χ1) is 18.4. The maximum absolute atomic E-state index is 13.9. The Kier molecular flexibility index (Phi) is 7.35. The van der Waals surface area contributed by atoms with E-state index in [-0.39, 0.29) is 18.3 Å². The second-order valence-corrected chi connectivity index (χ2v) is 9.62. The Labute approximate surface area is 225 Å². The average Bonchev–Trinajstić information content (AvgIpc) is 3.38. The smallest absolute Gasteiger partial charge is 0.254 e. The number of ether oxygens (including phenoxy) is 1. The number of fused-ring (bicyclic) bond motifs is 1. The third kappa shape index (κ3) is 4.97. The minimum Gasteiger partial charge on any atom is -0.494 e. The third-order valence-corrected chi connectivity index (χ3v) is 7.17. The average molecular weight is 535 g/mol. The number of methoxy groups -OCH3 is 1. The van der Waals surface area contributed by atoms with Gasteiger partial charge in [0.05, 0.1) is 20.3 Å². The lowest BCUT2D eigenvalue weighted by Crippen LogP contribution is -2.37. The number of nitrogens with one attached hydrogen (secondary N) is 1. The van der Waals surface area contributed by atoms with Crippen molar-refractivity contribution >= 4 is 23.5 Å². The van der Waals surface area contributed by atoms with E-state index < -0.39 is 5.82 Å². The van der Waals surface area contributed by atoms with E-state index >= 15 is 0 Å². The van der Waals surface area contributed by atoms with Gasteiger partial charge in [-0.25, -0.2) is 9.37 Å². The van der Waals surface area contributed by atoms with E-state index in [0.717, 1.165) is 33.4 Å². The number of rotatable bonds is 8. The van der Waals surface area contributed by atoms with Crippen molar-refractivity contribution in [3.05, 3.63) is 99.6 Å². The van der Waals surface area contributed by atoms with E-state index in [2.05, 4.69) is 16.4 Å². The number of benzene rings is 3. The highest BCUT2D eigenvalue weighted by Gasteiger charge is 2.28. The minimum absolute atomic E-state index is 0.105. The molecule has 0 atom stereocenters. The number of carbonyl (C=O) groups is 1. The maximum atomic E-state index is 13.9. The Hall–Kier alpha value is -3.88. The predicted octanol–water partition coefficient (Wildman–Crippen LogP) is 5.13. The molecule has 7 nitrogen and oxygen atoms in total. The zero-order chi connectivity index (χ0) is 26.8. The molecule has 1 aliphatic heterocycles. The number of amides is 1. The summed E-state index contributed by atoms with van der Waals surface area (Å²) in [4.78, 5) is 19.9. The van der Waals surface area contributed by atoms with Gasteiger partial charge in [0.25, 0.3) is 5.91 Å². The summed E-state index contributed by atoms with van der Waals surface area (Å²) in [6, 6.07) is 14.1. The van der Waals surface area contributed by atoms with E-state index in [1.807, 2.05) is 29.9 Å². The minimum atomic E-state index is -0.441. The molecule has 0 aliphatic carbocycles. The van der Waals surface area contributed by atoms with Crippen LogP contribution in [0.25, 0.3) is 11.1 Å². The molecule has 4 aromatic rings. The summed E-state index contributed by atoms with van der Waals surface area (Å²) >= 11 is 6.64. The highest BCUT2D eigenvalue weighted by molar-refractivity contribution is 6.33. The van der Waals surface area contributed by atoms with Crippen LogP contribution in [0.2, 0.25) is 5.02 Å². The molecule has 2 N–H and O–H groups in total. The molecule has 9 heteroatoms. The van der Waals surface area contributed by atoms with Crippen LogP contribution in [0, 0.1) is 5.82 Å². The summed E-state index contributed by atoms with van der Waals surface area (Å²) in [5.41, 5.74) is 5.62. The lowest BCUT2D eigenvalue weighted by atomic mass is 9.87. The number of hydrogen-bond donors (Lipinski definition) is 2. The first-order valence-corrected chi connectivity index (χ1v) is 12.7. The Morgan fingerprint density at radius 1 is 1.05 bits per heavy atom. The second kappa shape index (κ2) is 10.8. The van der Waals surface area contributed by atoms with Gasteiger partial charge in [0, 0.05) is 48.7 Å². The summed E-state index contributed by atoms with van der Waals surface area (Å²) in [7, 11) is 3.23. The second-order valence-electron chi connectivity index (χ2n) is 9.22. The lowest BCUT2D eigenvalue weighted by molar-refractivity contribution is 0.0727. The quantitative estimate of drug-likeness (QED) is 0.327. The normalized spacial score (nSPS) is 13.0. The van der Waals surface area contributed by atoms with Gasteiger partial charge in [0.15, 0.2) is 11.6 Å². The molecule has 38 heavy (non-hydrogen) atoms. The van der Waals surface area contributed by atoms with Gasteiger partial charge in [-0.1, -0.05) is 23.7 Å². The van der Waals surface area contributed by atoms with Crippen molar-refractivity contribution < 1.29 is 19.0 Å². The van der Waals surface area contributed by atoms with E-state index in [4.69, 9.17) is 16.3 Å². The Balaban J connectivity index is 1.57. The van der Waals surface area contributed by atoms with Gasteiger partial charge in [-0.3, -0.25) is 4.79 Å². The molecule has 2 heterocycles. The molecule has 1 aromatic heterocycles. The highest BCUT2D eigenvalue weighted by Crippen LogP contribution is 2.37. The van der Waals surface area contributed by atoms with Gasteiger partial charge in [0.1, 0.15) is 0 Å². The monoisotopic (exact) mass is 534 g/mol. The van der Waals surface area contributed by atoms with Gasteiger partial charge in [-0.15, -0.1) is 0 Å². The van der Waals surface area contributed by atoms with E-state index in [9.17, 15) is 14.3 Å². The molecule has 3 aromatic carbocycles. The number of carbonyl (C=O) groups excluding carboxylic acids is 1. The molecule has 0 unspecified atom stereocenters. The summed E-state index contributed by atoms with van der Waals surface area (Å²) < 4.78 is 21.0. The number of hydrogen-bond acceptors (Lipinski definition) is 5. The fourth-order valence-electron chi connectivity index (χ4n) is 4.95. The topological polar surface area (TPSA) is 79.6 Å². The number of aliphatic hydroxyl groups excluding tert-OH is 1. The van der Waals surface area contributed by atoms with Crippen molar-refractivity contribution in [3.63, 3.8) is 0 Å². The molecule has 0 saturated heterocycles. The Morgan fingerprint density at radius 3 is 2.58 bits per heavy atom. The largest absolute Gasteiger partial charge is 0.494 e. The zero-order valence-corrected chi connectivity index (χ0v) is 21.9. The number of imidazole rings is 1. The number of anilines is 1. The van der Waals surface area contributed by atoms with E-state index in [1.165, 1.54) is 13.2 Å². The molecule has 5 rings (SSSR count). The van der Waals surface area contributed by atoms with Crippen LogP contribution in [0.15, 0.2) is 60.9 Å². The Bertz CT molecular complexity index is 1500. The van der Waals surface area contributed by atoms with Crippen molar-refractivity contribution in [1.29, 1.82) is 0 Å². The van der Waals surface area contributed by atoms with Gasteiger partial charge in [0.2, 0.25) is 5.95 Å². The van der Waals surface area contributed by atoms with Crippen molar-refractivity contribution in [2.45, 2.75) is 26.1 Å². The number of aromatic nitrogens is 2. The van der Waals surface area contributed by atoms with Gasteiger partial charge >= 0.3 is 0 Å². The van der Waals surface area contributed by atoms with Crippen molar-refractivity contribution in [2.75, 3.05) is 26.0 Å². The van der Waals surface area contributed by atoms with Gasteiger partial charge in [-0.05, 0) is 70.6 Å². The van der Waals surface area contributed by atoms with Crippen molar-refractivity contribution in [1.82, 2.24) is 14.5 Å². The molecule has 1 amide bonds. The molecule has 0 bridgehead atoms.